The van der Waals surface area contributed by atoms with Gasteiger partial charge in [-0.1, -0.05) is 0 Å². The Morgan fingerprint density at radius 2 is 0.966 bits per heavy atom. The van der Waals surface area contributed by atoms with E-state index < -0.39 is 39.9 Å². The summed E-state index contributed by atoms with van der Waals surface area (Å²) in [6, 6.07) is 5.94. The number of unbranched alkanes of at least 4 members (excludes halogenated alkanes) is 2. The van der Waals surface area contributed by atoms with E-state index >= 15 is 17.6 Å². The van der Waals surface area contributed by atoms with E-state index in [2.05, 4.69) is 79.0 Å². The summed E-state index contributed by atoms with van der Waals surface area (Å²) in [6.07, 6.45) is 24.8. The first-order valence-electron chi connectivity index (χ1n) is 23.3. The van der Waals surface area contributed by atoms with Gasteiger partial charge in [-0.25, -0.2) is 0 Å². The fourth-order valence-electron chi connectivity index (χ4n) is 9.28. The maximum absolute atomic E-state index is 18.3. The normalized spacial score (nSPS) is 15.5. The molecule has 2 aliphatic rings. The summed E-state index contributed by atoms with van der Waals surface area (Å²) in [5.41, 5.74) is 0.385. The Labute approximate surface area is 361 Å². The van der Waals surface area contributed by atoms with Crippen molar-refractivity contribution in [3.05, 3.63) is 91.7 Å². The third-order valence-corrected chi connectivity index (χ3v) is 21.9. The van der Waals surface area contributed by atoms with Gasteiger partial charge in [-0.2, -0.15) is 0 Å². The first-order chi connectivity index (χ1) is 28.1. The number of benzene rings is 2. The van der Waals surface area contributed by atoms with E-state index in [4.69, 9.17) is 0 Å². The number of anilines is 2. The van der Waals surface area contributed by atoms with Crippen LogP contribution in [-0.2, 0) is 16.6 Å². The van der Waals surface area contributed by atoms with Crippen LogP contribution in [0.25, 0.3) is 0 Å². The number of nitrogens with zero attached hydrogens (tertiary/aromatic N) is 2. The molecule has 2 aromatic carbocycles. The van der Waals surface area contributed by atoms with Crippen LogP contribution in [0.15, 0.2) is 68.5 Å². The number of rotatable bonds is 26. The molecule has 2 aromatic rings. The Balaban J connectivity index is 2.03. The van der Waals surface area contributed by atoms with Crippen LogP contribution in [0.1, 0.15) is 159 Å². The average molecular weight is 855 g/mol. The Morgan fingerprint density at radius 3 is 1.27 bits per heavy atom. The molecule has 0 aromatic heterocycles. The van der Waals surface area contributed by atoms with Crippen LogP contribution in [0.2, 0.25) is 0 Å². The molecule has 0 spiro atoms. The fraction of sp³-hybridized carbons (Fsp3) is 0.615. The van der Waals surface area contributed by atoms with Gasteiger partial charge in [-0.05, 0) is 0 Å². The van der Waals surface area contributed by atoms with Crippen molar-refractivity contribution in [2.45, 2.75) is 159 Å². The molecule has 0 heterocycles. The summed E-state index contributed by atoms with van der Waals surface area (Å²) in [5, 5.41) is 0. The SMILES string of the molecule is CCCCC(CC)CCN(CC(C)(C)CC)c1ccc(F)[c]([Ti]([C]2=CC=CC2)([C]2=CC=CC2)[c]2c(F)ccc(N(CCC(CC)CCCC)CC(C)(C)CC)c2F)c1F. The van der Waals surface area contributed by atoms with E-state index in [1.165, 1.54) is 12.1 Å². The summed E-state index contributed by atoms with van der Waals surface area (Å²) in [4.78, 5) is 4.23. The Kier molecular flexibility index (Phi) is 18.7. The molecule has 2 aliphatic carbocycles. The van der Waals surface area contributed by atoms with E-state index in [0.29, 0.717) is 62.2 Å². The molecule has 328 valence electrons. The van der Waals surface area contributed by atoms with Gasteiger partial charge in [0.15, 0.2) is 0 Å². The standard InChI is InChI=1S/2C21H34F2N.2C5H5.Ti/c2*1-6-9-10-17(7-2)13-14-24(16-21(4,5)8-3)20-12-11-18(22)15-19(20)23;2*1-2-4-5-3-1;/h2*11-12,17H,6-10,13-14,16H2,1-5H3;2*1-3H,4H2;. The zero-order valence-electron chi connectivity index (χ0n) is 38.6. The van der Waals surface area contributed by atoms with Crippen LogP contribution >= 0.6 is 0 Å². The number of allylic oxidation sites excluding steroid dienone is 8. The van der Waals surface area contributed by atoms with Gasteiger partial charge in [0.1, 0.15) is 0 Å². The van der Waals surface area contributed by atoms with Gasteiger partial charge in [0.05, 0.1) is 0 Å². The molecule has 0 amide bonds. The first-order valence-corrected chi connectivity index (χ1v) is 26.5. The zero-order chi connectivity index (χ0) is 43.4. The van der Waals surface area contributed by atoms with Crippen molar-refractivity contribution in [2.75, 3.05) is 36.0 Å². The third-order valence-electron chi connectivity index (χ3n) is 13.9. The van der Waals surface area contributed by atoms with E-state index in [1.54, 1.807) is 12.1 Å². The van der Waals surface area contributed by atoms with Crippen molar-refractivity contribution in [1.29, 1.82) is 0 Å². The molecule has 0 saturated heterocycles. The predicted octanol–water partition coefficient (Wildman–Crippen LogP) is 14.7. The van der Waals surface area contributed by atoms with Gasteiger partial charge < -0.3 is 0 Å². The summed E-state index contributed by atoms with van der Waals surface area (Å²) < 4.78 is 72.5. The average Bonchev–Trinajstić information content (AvgIpc) is 3.96. The predicted molar refractivity (Wildman–Crippen MR) is 244 cm³/mol. The Morgan fingerprint density at radius 1 is 0.576 bits per heavy atom. The number of hydrogen-bond acceptors (Lipinski definition) is 2. The van der Waals surface area contributed by atoms with E-state index in [0.717, 1.165) is 84.8 Å². The first kappa shape index (κ1) is 49.1. The molecule has 0 N–H and O–H groups in total. The second-order valence-corrected chi connectivity index (χ2v) is 25.1. The number of halogens is 4. The molecule has 0 bridgehead atoms. The van der Waals surface area contributed by atoms with Gasteiger partial charge in [0.2, 0.25) is 0 Å². The van der Waals surface area contributed by atoms with Crippen molar-refractivity contribution in [3.8, 4) is 0 Å². The van der Waals surface area contributed by atoms with Crippen LogP contribution in [0.5, 0.6) is 0 Å². The van der Waals surface area contributed by atoms with Crippen molar-refractivity contribution < 1.29 is 34.2 Å². The topological polar surface area (TPSA) is 6.48 Å². The van der Waals surface area contributed by atoms with Gasteiger partial charge in [-0.3, -0.25) is 0 Å². The second kappa shape index (κ2) is 22.5. The molecular weight excluding hydrogens is 776 g/mol. The van der Waals surface area contributed by atoms with Crippen molar-refractivity contribution in [1.82, 2.24) is 0 Å². The monoisotopic (exact) mass is 855 g/mol. The van der Waals surface area contributed by atoms with Crippen LogP contribution in [-0.4, -0.2) is 26.2 Å². The Bertz CT molecular complexity index is 1660. The molecule has 2 nitrogen and oxygen atoms in total. The van der Waals surface area contributed by atoms with Gasteiger partial charge in [-0.15, -0.1) is 0 Å². The summed E-state index contributed by atoms with van der Waals surface area (Å²) in [6.45, 7) is 24.4. The van der Waals surface area contributed by atoms with Gasteiger partial charge in [0.25, 0.3) is 0 Å². The molecule has 0 saturated carbocycles. The molecular formula is C52H78F4N2Ti. The molecule has 59 heavy (non-hydrogen) atoms. The zero-order valence-corrected chi connectivity index (χ0v) is 40.1. The van der Waals surface area contributed by atoms with E-state index in [-0.39, 0.29) is 18.6 Å². The van der Waals surface area contributed by atoms with Gasteiger partial charge in [0, 0.05) is 0 Å². The minimum atomic E-state index is -5.07. The van der Waals surface area contributed by atoms with Crippen molar-refractivity contribution >= 4 is 19.1 Å². The summed E-state index contributed by atoms with van der Waals surface area (Å²) in [5.74, 6) is -1.76. The van der Waals surface area contributed by atoms with Crippen LogP contribution in [0.4, 0.5) is 28.9 Å². The molecule has 2 atom stereocenters. The van der Waals surface area contributed by atoms with Crippen molar-refractivity contribution in [2.24, 2.45) is 22.7 Å². The second-order valence-electron chi connectivity index (χ2n) is 19.2. The van der Waals surface area contributed by atoms with Crippen LogP contribution in [0, 0.1) is 45.9 Å². The number of hydrogen-bond donors (Lipinski definition) is 0. The summed E-state index contributed by atoms with van der Waals surface area (Å²) in [7, 11) is 0. The van der Waals surface area contributed by atoms with Crippen LogP contribution < -0.4 is 17.5 Å². The van der Waals surface area contributed by atoms with Crippen molar-refractivity contribution in [3.63, 3.8) is 0 Å². The molecule has 0 aliphatic heterocycles. The molecule has 7 heteroatoms. The molecule has 0 radical (unpaired) electrons. The summed E-state index contributed by atoms with van der Waals surface area (Å²) >= 11 is -5.07. The van der Waals surface area contributed by atoms with E-state index in [9.17, 15) is 0 Å². The van der Waals surface area contributed by atoms with E-state index in [1.807, 2.05) is 36.5 Å². The maximum atomic E-state index is 18.3. The molecule has 2 unspecified atom stereocenters. The third kappa shape index (κ3) is 11.9. The fourth-order valence-corrected chi connectivity index (χ4v) is 17.5. The quantitative estimate of drug-likeness (QED) is 0.0687. The Hall–Kier alpha value is -2.57. The van der Waals surface area contributed by atoms with Crippen LogP contribution in [0.3, 0.4) is 0 Å². The molecule has 4 rings (SSSR count). The van der Waals surface area contributed by atoms with Gasteiger partial charge >= 0.3 is 363 Å². The minimum absolute atomic E-state index is 0.106. The molecule has 0 fully saturated rings.